The molecule has 6 nitrogen and oxygen atoms in total. The molecular formula is C17H16Cl2N4O2S2. The molecule has 3 aromatic rings. The molecule has 142 valence electrons. The van der Waals surface area contributed by atoms with E-state index < -0.39 is 10.0 Å². The van der Waals surface area contributed by atoms with Crippen molar-refractivity contribution < 1.29 is 8.42 Å². The van der Waals surface area contributed by atoms with Gasteiger partial charge in [0.1, 0.15) is 15.9 Å². The summed E-state index contributed by atoms with van der Waals surface area (Å²) in [6.07, 6.45) is 0. The summed E-state index contributed by atoms with van der Waals surface area (Å²) in [6.45, 7) is 2.60. The normalized spacial score (nSPS) is 16.8. The summed E-state index contributed by atoms with van der Waals surface area (Å²) in [5.74, 6) is 0. The zero-order valence-electron chi connectivity index (χ0n) is 14.2. The van der Waals surface area contributed by atoms with Crippen LogP contribution in [0.15, 0.2) is 41.3 Å². The molecule has 0 radical (unpaired) electrons. The zero-order valence-corrected chi connectivity index (χ0v) is 17.3. The molecule has 1 aliphatic rings. The first-order valence-corrected chi connectivity index (χ1v) is 11.3. The van der Waals surface area contributed by atoms with Crippen LogP contribution >= 0.6 is 34.9 Å². The fourth-order valence-electron chi connectivity index (χ4n) is 3.16. The summed E-state index contributed by atoms with van der Waals surface area (Å²) < 4.78 is 35.9. The number of aromatic nitrogens is 2. The molecule has 27 heavy (non-hydrogen) atoms. The molecule has 0 unspecified atom stereocenters. The predicted octanol–water partition coefficient (Wildman–Crippen LogP) is 3.50. The van der Waals surface area contributed by atoms with E-state index in [2.05, 4.69) is 13.6 Å². The minimum atomic E-state index is -3.61. The number of benzene rings is 2. The van der Waals surface area contributed by atoms with Crippen LogP contribution in [0.4, 0.5) is 0 Å². The Labute approximate surface area is 171 Å². The van der Waals surface area contributed by atoms with Crippen LogP contribution in [0.3, 0.4) is 0 Å². The highest BCUT2D eigenvalue weighted by Crippen LogP contribution is 2.28. The monoisotopic (exact) mass is 442 g/mol. The molecule has 0 spiro atoms. The van der Waals surface area contributed by atoms with Gasteiger partial charge in [-0.2, -0.15) is 13.1 Å². The SMILES string of the molecule is O=S(=O)(c1cccc2nsnc12)N1CCN(Cc2c(Cl)cccc2Cl)CC1. The van der Waals surface area contributed by atoms with E-state index >= 15 is 0 Å². The highest BCUT2D eigenvalue weighted by atomic mass is 35.5. The van der Waals surface area contributed by atoms with Gasteiger partial charge in [0, 0.05) is 48.3 Å². The quantitative estimate of drug-likeness (QED) is 0.618. The van der Waals surface area contributed by atoms with Crippen LogP contribution in [0.5, 0.6) is 0 Å². The number of nitrogens with zero attached hydrogens (tertiary/aromatic N) is 4. The van der Waals surface area contributed by atoms with Crippen LogP contribution in [0.25, 0.3) is 11.0 Å². The van der Waals surface area contributed by atoms with Gasteiger partial charge in [-0.05, 0) is 24.3 Å². The highest BCUT2D eigenvalue weighted by molar-refractivity contribution is 7.89. The molecule has 0 aliphatic carbocycles. The smallest absolute Gasteiger partial charge is 0.245 e. The molecule has 0 N–H and O–H groups in total. The maximum absolute atomic E-state index is 13.1. The van der Waals surface area contributed by atoms with Gasteiger partial charge in [0.05, 0.1) is 11.7 Å². The topological polar surface area (TPSA) is 66.4 Å². The van der Waals surface area contributed by atoms with Crippen LogP contribution in [0.1, 0.15) is 5.56 Å². The molecule has 1 fully saturated rings. The largest absolute Gasteiger partial charge is 0.296 e. The molecule has 0 atom stereocenters. The van der Waals surface area contributed by atoms with Gasteiger partial charge in [0.2, 0.25) is 10.0 Å². The van der Waals surface area contributed by atoms with Crippen molar-refractivity contribution in [3.05, 3.63) is 52.0 Å². The summed E-state index contributed by atoms with van der Waals surface area (Å²) in [5.41, 5.74) is 1.91. The lowest BCUT2D eigenvalue weighted by atomic mass is 10.2. The van der Waals surface area contributed by atoms with Gasteiger partial charge < -0.3 is 0 Å². The van der Waals surface area contributed by atoms with Gasteiger partial charge in [-0.25, -0.2) is 8.42 Å². The molecule has 1 aromatic heterocycles. The Bertz CT molecular complexity index is 1060. The summed E-state index contributed by atoms with van der Waals surface area (Å²) in [5, 5.41) is 1.25. The van der Waals surface area contributed by atoms with Gasteiger partial charge in [-0.3, -0.25) is 4.90 Å². The predicted molar refractivity (Wildman–Crippen MR) is 108 cm³/mol. The van der Waals surface area contributed by atoms with Crippen molar-refractivity contribution in [3.63, 3.8) is 0 Å². The highest BCUT2D eigenvalue weighted by Gasteiger charge is 2.30. The van der Waals surface area contributed by atoms with Crippen molar-refractivity contribution in [2.24, 2.45) is 0 Å². The first-order valence-electron chi connectivity index (χ1n) is 8.33. The lowest BCUT2D eigenvalue weighted by Crippen LogP contribution is -2.48. The molecular weight excluding hydrogens is 427 g/mol. The standard InChI is InChI=1S/C17H16Cl2N4O2S2/c18-13-3-1-4-14(19)12(13)11-22-7-9-23(10-8-22)27(24,25)16-6-2-5-15-17(16)21-26-20-15/h1-6H,7-11H2. The van der Waals surface area contributed by atoms with Crippen molar-refractivity contribution in [1.82, 2.24) is 18.0 Å². The number of hydrogen-bond donors (Lipinski definition) is 0. The number of fused-ring (bicyclic) bond motifs is 1. The summed E-state index contributed by atoms with van der Waals surface area (Å²) >= 11 is 13.5. The molecule has 0 amide bonds. The summed E-state index contributed by atoms with van der Waals surface area (Å²) in [7, 11) is -3.61. The van der Waals surface area contributed by atoms with Crippen molar-refractivity contribution >= 4 is 56.0 Å². The first kappa shape index (κ1) is 19.0. The van der Waals surface area contributed by atoms with E-state index in [0.29, 0.717) is 53.8 Å². The minimum Gasteiger partial charge on any atom is -0.296 e. The third-order valence-electron chi connectivity index (χ3n) is 4.64. The van der Waals surface area contributed by atoms with E-state index in [1.165, 1.54) is 4.31 Å². The number of sulfonamides is 1. The second kappa shape index (κ2) is 7.62. The molecule has 2 aromatic carbocycles. The van der Waals surface area contributed by atoms with Crippen molar-refractivity contribution in [1.29, 1.82) is 0 Å². The van der Waals surface area contributed by atoms with Gasteiger partial charge in [-0.1, -0.05) is 35.3 Å². The summed E-state index contributed by atoms with van der Waals surface area (Å²) in [6, 6.07) is 10.5. The Kier molecular flexibility index (Phi) is 5.37. The molecule has 0 bridgehead atoms. The lowest BCUT2D eigenvalue weighted by molar-refractivity contribution is 0.181. The third kappa shape index (κ3) is 3.70. The Morgan fingerprint density at radius 1 is 0.963 bits per heavy atom. The van der Waals surface area contributed by atoms with Crippen molar-refractivity contribution in [2.75, 3.05) is 26.2 Å². The Hall–Kier alpha value is -1.29. The van der Waals surface area contributed by atoms with Crippen molar-refractivity contribution in [3.8, 4) is 0 Å². The van der Waals surface area contributed by atoms with E-state index in [4.69, 9.17) is 23.2 Å². The maximum Gasteiger partial charge on any atom is 0.245 e. The minimum absolute atomic E-state index is 0.219. The van der Waals surface area contributed by atoms with E-state index in [0.717, 1.165) is 17.3 Å². The summed E-state index contributed by atoms with van der Waals surface area (Å²) in [4.78, 5) is 2.38. The van der Waals surface area contributed by atoms with Crippen LogP contribution < -0.4 is 0 Å². The molecule has 0 saturated carbocycles. The van der Waals surface area contributed by atoms with Crippen molar-refractivity contribution in [2.45, 2.75) is 11.4 Å². The third-order valence-corrected chi connectivity index (χ3v) is 7.82. The van der Waals surface area contributed by atoms with E-state index in [-0.39, 0.29) is 4.90 Å². The van der Waals surface area contributed by atoms with Crippen LogP contribution in [0, 0.1) is 0 Å². The number of piperazine rings is 1. The van der Waals surface area contributed by atoms with E-state index in [9.17, 15) is 8.42 Å². The number of hydrogen-bond acceptors (Lipinski definition) is 6. The van der Waals surface area contributed by atoms with Crippen LogP contribution in [-0.4, -0.2) is 52.5 Å². The molecule has 4 rings (SSSR count). The average molecular weight is 443 g/mol. The Morgan fingerprint density at radius 2 is 1.63 bits per heavy atom. The fraction of sp³-hybridized carbons (Fsp3) is 0.294. The maximum atomic E-state index is 13.1. The molecule has 1 aliphatic heterocycles. The number of rotatable bonds is 4. The zero-order chi connectivity index (χ0) is 19.0. The molecule has 10 heteroatoms. The molecule has 2 heterocycles. The second-order valence-electron chi connectivity index (χ2n) is 6.27. The van der Waals surface area contributed by atoms with Gasteiger partial charge >= 0.3 is 0 Å². The van der Waals surface area contributed by atoms with E-state index in [1.54, 1.807) is 18.2 Å². The number of halogens is 2. The van der Waals surface area contributed by atoms with Gasteiger partial charge in [-0.15, -0.1) is 0 Å². The van der Waals surface area contributed by atoms with Crippen LogP contribution in [0.2, 0.25) is 10.0 Å². The fourth-order valence-corrected chi connectivity index (χ4v) is 5.86. The average Bonchev–Trinajstić information content (AvgIpc) is 3.14. The second-order valence-corrected chi connectivity index (χ2v) is 9.52. The van der Waals surface area contributed by atoms with E-state index in [1.807, 2.05) is 18.2 Å². The lowest BCUT2D eigenvalue weighted by Gasteiger charge is -2.34. The Balaban J connectivity index is 1.50. The van der Waals surface area contributed by atoms with Gasteiger partial charge in [0.15, 0.2) is 0 Å². The Morgan fingerprint density at radius 3 is 2.33 bits per heavy atom. The van der Waals surface area contributed by atoms with Crippen LogP contribution in [-0.2, 0) is 16.6 Å². The molecule has 1 saturated heterocycles. The first-order chi connectivity index (χ1) is 13.0. The van der Waals surface area contributed by atoms with Gasteiger partial charge in [0.25, 0.3) is 0 Å².